The zero-order valence-electron chi connectivity index (χ0n) is 16.3. The fourth-order valence-electron chi connectivity index (χ4n) is 3.51. The van der Waals surface area contributed by atoms with Crippen molar-refractivity contribution >= 4 is 0 Å². The highest BCUT2D eigenvalue weighted by Gasteiger charge is 2.32. The Labute approximate surface area is 136 Å². The van der Waals surface area contributed by atoms with Gasteiger partial charge in [-0.1, -0.05) is 93.4 Å². The van der Waals surface area contributed by atoms with Crippen molar-refractivity contribution in [2.24, 2.45) is 23.2 Å². The molecule has 1 rings (SSSR count). The molecule has 0 heteroatoms. The van der Waals surface area contributed by atoms with E-state index >= 15 is 0 Å². The van der Waals surface area contributed by atoms with Crippen molar-refractivity contribution < 1.29 is 0 Å². The number of hydrogen-bond donors (Lipinski definition) is 0. The van der Waals surface area contributed by atoms with Crippen molar-refractivity contribution in [3.8, 4) is 0 Å². The number of unbranched alkanes of at least 4 members (excludes halogenated alkanes) is 2. The van der Waals surface area contributed by atoms with Crippen LogP contribution < -0.4 is 0 Å². The minimum absolute atomic E-state index is 0.617. The van der Waals surface area contributed by atoms with Crippen LogP contribution in [0.5, 0.6) is 0 Å². The molecule has 0 aromatic heterocycles. The fraction of sp³-hybridized carbons (Fsp3) is 1.00. The summed E-state index contributed by atoms with van der Waals surface area (Å²) >= 11 is 0. The third-order valence-electron chi connectivity index (χ3n) is 6.17. The highest BCUT2D eigenvalue weighted by atomic mass is 14.4. The molecule has 0 N–H and O–H groups in total. The van der Waals surface area contributed by atoms with Gasteiger partial charge in [-0.2, -0.15) is 0 Å². The summed E-state index contributed by atoms with van der Waals surface area (Å²) < 4.78 is 0. The average Bonchev–Trinajstić information content (AvgIpc) is 2.47. The summed E-state index contributed by atoms with van der Waals surface area (Å²) in [6.07, 6.45) is 14.2. The van der Waals surface area contributed by atoms with Gasteiger partial charge in [-0.05, 0) is 42.4 Å². The molecule has 0 heterocycles. The Kier molecular flexibility index (Phi) is 11.6. The normalized spacial score (nSPS) is 24.6. The molecule has 1 aliphatic carbocycles. The summed E-state index contributed by atoms with van der Waals surface area (Å²) in [5.41, 5.74) is 0.617. The Morgan fingerprint density at radius 3 is 2.05 bits per heavy atom. The van der Waals surface area contributed by atoms with Crippen LogP contribution in [-0.4, -0.2) is 0 Å². The van der Waals surface area contributed by atoms with E-state index in [9.17, 15) is 0 Å². The molecule has 0 aromatic carbocycles. The molecular formula is C21H44. The lowest BCUT2D eigenvalue weighted by Crippen LogP contribution is -2.29. The summed E-state index contributed by atoms with van der Waals surface area (Å²) in [7, 11) is 0. The van der Waals surface area contributed by atoms with Crippen LogP contribution in [0.1, 0.15) is 113 Å². The maximum absolute atomic E-state index is 2.42. The third-order valence-corrected chi connectivity index (χ3v) is 6.17. The summed E-state index contributed by atoms with van der Waals surface area (Å²) in [4.78, 5) is 0. The second-order valence-corrected chi connectivity index (χ2v) is 8.12. The van der Waals surface area contributed by atoms with Crippen LogP contribution in [0.2, 0.25) is 0 Å². The fourth-order valence-corrected chi connectivity index (χ4v) is 3.51. The van der Waals surface area contributed by atoms with E-state index in [1.807, 2.05) is 0 Å². The van der Waals surface area contributed by atoms with Crippen molar-refractivity contribution in [2.75, 3.05) is 0 Å². The lowest BCUT2D eigenvalue weighted by atomic mass is 9.66. The van der Waals surface area contributed by atoms with Gasteiger partial charge in [0.1, 0.15) is 0 Å². The van der Waals surface area contributed by atoms with Crippen LogP contribution in [0.15, 0.2) is 0 Å². The molecule has 1 fully saturated rings. The van der Waals surface area contributed by atoms with E-state index in [0.29, 0.717) is 5.41 Å². The maximum Gasteiger partial charge on any atom is -0.0328 e. The minimum Gasteiger partial charge on any atom is -0.0654 e. The van der Waals surface area contributed by atoms with E-state index in [4.69, 9.17) is 0 Å². The Balaban J connectivity index is 0.000000384. The quantitative estimate of drug-likeness (QED) is 0.419. The summed E-state index contributed by atoms with van der Waals surface area (Å²) in [6, 6.07) is 0. The van der Waals surface area contributed by atoms with E-state index < -0.39 is 0 Å². The standard InChI is InChI=1S/C11H22.C10H22/c1-5-10-6-7-11(3,4)9(2)8-10;1-4-7-8-9-10(5-2)6-3/h9-10H,5-8H2,1-4H3;10H,4-9H2,1-3H3. The molecule has 0 spiro atoms. The lowest BCUT2D eigenvalue weighted by Gasteiger charge is -2.40. The van der Waals surface area contributed by atoms with Gasteiger partial charge in [-0.3, -0.25) is 0 Å². The molecule has 21 heavy (non-hydrogen) atoms. The highest BCUT2D eigenvalue weighted by Crippen LogP contribution is 2.43. The summed E-state index contributed by atoms with van der Waals surface area (Å²) in [5.74, 6) is 2.96. The van der Waals surface area contributed by atoms with Crippen molar-refractivity contribution in [3.05, 3.63) is 0 Å². The first-order valence-corrected chi connectivity index (χ1v) is 9.91. The van der Waals surface area contributed by atoms with E-state index in [1.165, 1.54) is 64.2 Å². The zero-order valence-corrected chi connectivity index (χ0v) is 16.3. The van der Waals surface area contributed by atoms with Crippen LogP contribution >= 0.6 is 0 Å². The van der Waals surface area contributed by atoms with Gasteiger partial charge < -0.3 is 0 Å². The molecule has 0 bridgehead atoms. The van der Waals surface area contributed by atoms with Gasteiger partial charge in [0.15, 0.2) is 0 Å². The van der Waals surface area contributed by atoms with Crippen molar-refractivity contribution in [3.63, 3.8) is 0 Å². The number of hydrogen-bond acceptors (Lipinski definition) is 0. The van der Waals surface area contributed by atoms with Crippen LogP contribution in [0, 0.1) is 23.2 Å². The zero-order chi connectivity index (χ0) is 16.3. The minimum atomic E-state index is 0.617. The van der Waals surface area contributed by atoms with Gasteiger partial charge in [0.2, 0.25) is 0 Å². The Hall–Kier alpha value is 0. The largest absolute Gasteiger partial charge is 0.0654 e. The first-order valence-electron chi connectivity index (χ1n) is 9.91. The van der Waals surface area contributed by atoms with Gasteiger partial charge in [0.05, 0.1) is 0 Å². The molecule has 128 valence electrons. The topological polar surface area (TPSA) is 0 Å². The molecule has 0 radical (unpaired) electrons. The van der Waals surface area contributed by atoms with Gasteiger partial charge in [0.25, 0.3) is 0 Å². The SMILES string of the molecule is CCC1CCC(C)(C)C(C)C1.CCCCCC(CC)CC. The molecule has 0 aliphatic heterocycles. The van der Waals surface area contributed by atoms with E-state index in [-0.39, 0.29) is 0 Å². The van der Waals surface area contributed by atoms with Crippen molar-refractivity contribution in [1.29, 1.82) is 0 Å². The Morgan fingerprint density at radius 1 is 1.00 bits per heavy atom. The van der Waals surface area contributed by atoms with Gasteiger partial charge in [-0.15, -0.1) is 0 Å². The Bertz CT molecular complexity index is 224. The molecule has 1 saturated carbocycles. The molecule has 0 nitrogen and oxygen atoms in total. The second kappa shape index (κ2) is 11.6. The van der Waals surface area contributed by atoms with Crippen molar-refractivity contribution in [1.82, 2.24) is 0 Å². The molecule has 1 aliphatic rings. The third kappa shape index (κ3) is 8.89. The lowest BCUT2D eigenvalue weighted by molar-refractivity contribution is 0.110. The molecular weight excluding hydrogens is 252 g/mol. The molecule has 2 unspecified atom stereocenters. The van der Waals surface area contributed by atoms with Crippen LogP contribution in [0.25, 0.3) is 0 Å². The molecule has 0 amide bonds. The first-order chi connectivity index (χ1) is 9.91. The van der Waals surface area contributed by atoms with Crippen LogP contribution in [0.3, 0.4) is 0 Å². The smallest absolute Gasteiger partial charge is 0.0328 e. The van der Waals surface area contributed by atoms with Gasteiger partial charge >= 0.3 is 0 Å². The first kappa shape index (κ1) is 21.0. The van der Waals surface area contributed by atoms with E-state index in [2.05, 4.69) is 48.5 Å². The van der Waals surface area contributed by atoms with E-state index in [0.717, 1.165) is 17.8 Å². The highest BCUT2D eigenvalue weighted by molar-refractivity contribution is 4.83. The molecule has 2 atom stereocenters. The van der Waals surface area contributed by atoms with Gasteiger partial charge in [0, 0.05) is 0 Å². The monoisotopic (exact) mass is 296 g/mol. The summed E-state index contributed by atoms with van der Waals surface area (Å²) in [5, 5.41) is 0. The van der Waals surface area contributed by atoms with Gasteiger partial charge in [-0.25, -0.2) is 0 Å². The van der Waals surface area contributed by atoms with Crippen molar-refractivity contribution in [2.45, 2.75) is 113 Å². The van der Waals surface area contributed by atoms with Crippen LogP contribution in [-0.2, 0) is 0 Å². The average molecular weight is 297 g/mol. The Morgan fingerprint density at radius 2 is 1.62 bits per heavy atom. The predicted molar refractivity (Wildman–Crippen MR) is 98.8 cm³/mol. The predicted octanol–water partition coefficient (Wildman–Crippen LogP) is 7.86. The number of rotatable bonds is 7. The molecule has 0 aromatic rings. The van der Waals surface area contributed by atoms with Crippen LogP contribution in [0.4, 0.5) is 0 Å². The maximum atomic E-state index is 2.42. The summed E-state index contributed by atoms with van der Waals surface area (Å²) in [6.45, 7) is 16.5. The second-order valence-electron chi connectivity index (χ2n) is 8.12. The van der Waals surface area contributed by atoms with E-state index in [1.54, 1.807) is 0 Å². The molecule has 0 saturated heterocycles.